The van der Waals surface area contributed by atoms with Gasteiger partial charge in [0.2, 0.25) is 0 Å². The molecule has 0 N–H and O–H groups in total. The van der Waals surface area contributed by atoms with Crippen LogP contribution in [0.4, 0.5) is 17.1 Å². The molecule has 0 aliphatic heterocycles. The van der Waals surface area contributed by atoms with Gasteiger partial charge in [-0.1, -0.05) is 158 Å². The van der Waals surface area contributed by atoms with Crippen molar-refractivity contribution in [2.24, 2.45) is 0 Å². The van der Waals surface area contributed by atoms with Crippen molar-refractivity contribution in [3.63, 3.8) is 0 Å². The summed E-state index contributed by atoms with van der Waals surface area (Å²) in [5.74, 6) is 0. The summed E-state index contributed by atoms with van der Waals surface area (Å²) in [5.41, 5.74) is 17.7. The molecule has 0 aliphatic rings. The van der Waals surface area contributed by atoms with Gasteiger partial charge in [0.25, 0.3) is 0 Å². The van der Waals surface area contributed by atoms with Crippen molar-refractivity contribution in [1.29, 1.82) is 0 Å². The number of benzene rings is 10. The minimum absolute atomic E-state index is 0.878. The molecule has 0 bridgehead atoms. The predicted octanol–water partition coefficient (Wildman–Crippen LogP) is 16.8. The smallest absolute Gasteiger partial charge is 0.136 e. The first-order valence-electron chi connectivity index (χ1n) is 21.5. The minimum Gasteiger partial charge on any atom is -0.456 e. The summed E-state index contributed by atoms with van der Waals surface area (Å²) >= 11 is 0. The summed E-state index contributed by atoms with van der Waals surface area (Å²) in [6, 6.07) is 87.0. The summed E-state index contributed by atoms with van der Waals surface area (Å²) in [7, 11) is 0. The number of rotatable bonds is 8. The first-order valence-corrected chi connectivity index (χ1v) is 21.5. The highest BCUT2D eigenvalue weighted by molar-refractivity contribution is 6.09. The van der Waals surface area contributed by atoms with Gasteiger partial charge in [0.05, 0.1) is 11.0 Å². The van der Waals surface area contributed by atoms with Crippen LogP contribution < -0.4 is 4.90 Å². The number of para-hydroxylation sites is 2. The third-order valence-electron chi connectivity index (χ3n) is 12.4. The predicted molar refractivity (Wildman–Crippen MR) is 264 cm³/mol. The zero-order chi connectivity index (χ0) is 41.7. The van der Waals surface area contributed by atoms with E-state index < -0.39 is 0 Å². The van der Waals surface area contributed by atoms with Crippen LogP contribution in [0.15, 0.2) is 247 Å². The van der Waals surface area contributed by atoms with E-state index in [0.717, 1.165) is 72.5 Å². The molecule has 10 aromatic carbocycles. The lowest BCUT2D eigenvalue weighted by atomic mass is 10.0. The van der Waals surface area contributed by atoms with Crippen LogP contribution in [0.5, 0.6) is 0 Å². The molecule has 2 heterocycles. The Bertz CT molecular complexity index is 3570. The first-order chi connectivity index (χ1) is 31.2. The van der Waals surface area contributed by atoms with E-state index >= 15 is 0 Å². The Labute approximate surface area is 366 Å². The van der Waals surface area contributed by atoms with Crippen LogP contribution >= 0.6 is 0 Å². The largest absolute Gasteiger partial charge is 0.456 e. The van der Waals surface area contributed by atoms with Crippen LogP contribution in [0.3, 0.4) is 0 Å². The van der Waals surface area contributed by atoms with Gasteiger partial charge in [0, 0.05) is 44.3 Å². The van der Waals surface area contributed by atoms with Gasteiger partial charge in [-0.2, -0.15) is 0 Å². The van der Waals surface area contributed by atoms with E-state index in [1.54, 1.807) is 0 Å². The minimum atomic E-state index is 0.878. The second-order valence-corrected chi connectivity index (χ2v) is 16.2. The molecule has 0 atom stereocenters. The number of hydrogen-bond donors (Lipinski definition) is 0. The third kappa shape index (κ3) is 6.55. The van der Waals surface area contributed by atoms with E-state index in [1.165, 1.54) is 38.5 Å². The summed E-state index contributed by atoms with van der Waals surface area (Å²) in [5, 5.41) is 4.76. The monoisotopic (exact) mass is 804 g/mol. The maximum atomic E-state index is 6.55. The highest BCUT2D eigenvalue weighted by atomic mass is 16.3. The Morgan fingerprint density at radius 2 is 0.683 bits per heavy atom. The average molecular weight is 805 g/mol. The normalized spacial score (nSPS) is 11.5. The average Bonchev–Trinajstić information content (AvgIpc) is 3.90. The van der Waals surface area contributed by atoms with Crippen molar-refractivity contribution >= 4 is 60.8 Å². The molecule has 0 radical (unpaired) electrons. The molecule has 0 saturated carbocycles. The number of aromatic nitrogens is 1. The van der Waals surface area contributed by atoms with E-state index in [0.29, 0.717) is 0 Å². The second kappa shape index (κ2) is 15.3. The van der Waals surface area contributed by atoms with Crippen molar-refractivity contribution in [3.05, 3.63) is 243 Å². The van der Waals surface area contributed by atoms with Gasteiger partial charge >= 0.3 is 0 Å². The van der Waals surface area contributed by atoms with E-state index in [1.807, 2.05) is 6.07 Å². The lowest BCUT2D eigenvalue weighted by molar-refractivity contribution is 0.669. The molecule has 3 heteroatoms. The van der Waals surface area contributed by atoms with Gasteiger partial charge in [-0.15, -0.1) is 0 Å². The summed E-state index contributed by atoms with van der Waals surface area (Å²) in [6.07, 6.45) is 0. The highest BCUT2D eigenvalue weighted by Crippen LogP contribution is 2.41. The molecular weight excluding hydrogens is 765 g/mol. The van der Waals surface area contributed by atoms with Gasteiger partial charge in [-0.05, 0) is 129 Å². The molecule has 63 heavy (non-hydrogen) atoms. The van der Waals surface area contributed by atoms with Gasteiger partial charge < -0.3 is 13.9 Å². The highest BCUT2D eigenvalue weighted by Gasteiger charge is 2.17. The number of nitrogens with zero attached hydrogens (tertiary/aromatic N) is 2. The Hall–Kier alpha value is -8.40. The lowest BCUT2D eigenvalue weighted by Crippen LogP contribution is -2.10. The van der Waals surface area contributed by atoms with Crippen LogP contribution in [0, 0.1) is 0 Å². The second-order valence-electron chi connectivity index (χ2n) is 16.2. The fourth-order valence-electron chi connectivity index (χ4n) is 9.32. The molecule has 0 saturated heterocycles. The van der Waals surface area contributed by atoms with Gasteiger partial charge in [-0.3, -0.25) is 0 Å². The SMILES string of the molecule is c1ccc(-c2cccc(N(c3ccc(-c4cccc(-n5c6ccccc6c6ccccc65)c4)cc3)c3cccc(-c4ccc5c(c4)oc4cc(-c6ccccc6)ccc45)c3)c2)cc1. The summed E-state index contributed by atoms with van der Waals surface area (Å²) < 4.78 is 8.93. The number of hydrogen-bond acceptors (Lipinski definition) is 2. The third-order valence-corrected chi connectivity index (χ3v) is 12.4. The van der Waals surface area contributed by atoms with E-state index in [4.69, 9.17) is 4.42 Å². The van der Waals surface area contributed by atoms with Crippen molar-refractivity contribution < 1.29 is 4.42 Å². The van der Waals surface area contributed by atoms with Crippen molar-refractivity contribution in [2.45, 2.75) is 0 Å². The van der Waals surface area contributed by atoms with Gasteiger partial charge in [0.1, 0.15) is 11.2 Å². The molecule has 3 nitrogen and oxygen atoms in total. The molecule has 12 rings (SSSR count). The molecule has 0 aliphatic carbocycles. The quantitative estimate of drug-likeness (QED) is 0.153. The zero-order valence-corrected chi connectivity index (χ0v) is 34.4. The Balaban J connectivity index is 0.929. The molecular formula is C60H40N2O. The van der Waals surface area contributed by atoms with Crippen LogP contribution in [0.1, 0.15) is 0 Å². The Morgan fingerprint density at radius 1 is 0.270 bits per heavy atom. The number of fused-ring (bicyclic) bond motifs is 6. The van der Waals surface area contributed by atoms with Gasteiger partial charge in [0.15, 0.2) is 0 Å². The van der Waals surface area contributed by atoms with Crippen LogP contribution in [0.2, 0.25) is 0 Å². The molecule has 0 unspecified atom stereocenters. The van der Waals surface area contributed by atoms with Crippen molar-refractivity contribution in [3.8, 4) is 50.2 Å². The molecule has 0 fully saturated rings. The number of furan rings is 1. The first kappa shape index (κ1) is 36.5. The zero-order valence-electron chi connectivity index (χ0n) is 34.4. The van der Waals surface area contributed by atoms with Crippen LogP contribution in [0.25, 0.3) is 93.9 Å². The fraction of sp³-hybridized carbons (Fsp3) is 0. The summed E-state index contributed by atoms with van der Waals surface area (Å²) in [4.78, 5) is 2.36. The molecule has 2 aromatic heterocycles. The fourth-order valence-corrected chi connectivity index (χ4v) is 9.32. The van der Waals surface area contributed by atoms with Crippen LogP contribution in [-0.2, 0) is 0 Å². The lowest BCUT2D eigenvalue weighted by Gasteiger charge is -2.27. The molecule has 0 spiro atoms. The Kier molecular flexibility index (Phi) is 8.83. The Morgan fingerprint density at radius 3 is 1.25 bits per heavy atom. The summed E-state index contributed by atoms with van der Waals surface area (Å²) in [6.45, 7) is 0. The maximum Gasteiger partial charge on any atom is 0.136 e. The standard InChI is InChI=1S/C60H40N2O/c1-3-14-41(15-4-1)44-18-11-21-50(36-44)61(49-32-28-43(29-33-49)45-19-12-23-52(37-45)62-57-26-9-7-24-53(57)54-25-8-10-27-58(54)62)51-22-13-20-46(38-51)48-31-35-56-55-34-30-47(42-16-5-2-6-17-42)39-59(55)63-60(56)40-48/h1-40H. The number of anilines is 3. The van der Waals surface area contributed by atoms with Crippen LogP contribution in [-0.4, -0.2) is 4.57 Å². The van der Waals surface area contributed by atoms with Crippen molar-refractivity contribution in [2.75, 3.05) is 4.90 Å². The maximum absolute atomic E-state index is 6.55. The molecule has 296 valence electrons. The topological polar surface area (TPSA) is 21.3 Å². The van der Waals surface area contributed by atoms with Gasteiger partial charge in [-0.25, -0.2) is 0 Å². The van der Waals surface area contributed by atoms with E-state index in [2.05, 4.69) is 246 Å². The van der Waals surface area contributed by atoms with E-state index in [-0.39, 0.29) is 0 Å². The molecule has 12 aromatic rings. The molecule has 0 amide bonds. The van der Waals surface area contributed by atoms with Crippen molar-refractivity contribution in [1.82, 2.24) is 4.57 Å². The van der Waals surface area contributed by atoms with E-state index in [9.17, 15) is 0 Å².